The summed E-state index contributed by atoms with van der Waals surface area (Å²) in [6.45, 7) is 1.24. The van der Waals surface area contributed by atoms with Gasteiger partial charge in [0.2, 0.25) is 0 Å². The Bertz CT molecular complexity index is 647. The van der Waals surface area contributed by atoms with Crippen LogP contribution in [-0.2, 0) is 12.8 Å². The molecule has 0 unspecified atom stereocenters. The van der Waals surface area contributed by atoms with Crippen molar-refractivity contribution in [1.82, 2.24) is 5.32 Å². The molecule has 2 aromatic carbocycles. The molecule has 3 N–H and O–H groups in total. The number of benzene rings is 2. The number of hydrogen-bond acceptors (Lipinski definition) is 2. The first kappa shape index (κ1) is 20.2. The van der Waals surface area contributed by atoms with E-state index in [4.69, 9.17) is 10.5 Å². The largest absolute Gasteiger partial charge is 0.497 e. The minimum atomic E-state index is -0.219. The van der Waals surface area contributed by atoms with Crippen molar-refractivity contribution in [2.75, 3.05) is 20.2 Å². The molecule has 0 radical (unpaired) electrons. The highest BCUT2D eigenvalue weighted by Gasteiger charge is 1.97. The van der Waals surface area contributed by atoms with Crippen molar-refractivity contribution in [3.8, 4) is 5.75 Å². The number of aliphatic imine (C=N–C) groups is 1. The van der Waals surface area contributed by atoms with Crippen molar-refractivity contribution in [1.29, 1.82) is 0 Å². The van der Waals surface area contributed by atoms with Crippen molar-refractivity contribution in [3.05, 3.63) is 65.5 Å². The molecule has 0 atom stereocenters. The van der Waals surface area contributed by atoms with Crippen LogP contribution < -0.4 is 15.8 Å². The van der Waals surface area contributed by atoms with Gasteiger partial charge in [-0.25, -0.2) is 4.39 Å². The highest BCUT2D eigenvalue weighted by molar-refractivity contribution is 14.0. The van der Waals surface area contributed by atoms with E-state index in [2.05, 4.69) is 10.3 Å². The monoisotopic (exact) mass is 443 g/mol. The van der Waals surface area contributed by atoms with E-state index in [1.54, 1.807) is 13.2 Å². The normalized spacial score (nSPS) is 10.8. The number of ether oxygens (including phenoxy) is 1. The van der Waals surface area contributed by atoms with Crippen LogP contribution in [0.4, 0.5) is 4.39 Å². The van der Waals surface area contributed by atoms with Gasteiger partial charge in [0.05, 0.1) is 7.11 Å². The van der Waals surface area contributed by atoms with Crippen molar-refractivity contribution < 1.29 is 9.13 Å². The molecule has 4 nitrogen and oxygen atoms in total. The summed E-state index contributed by atoms with van der Waals surface area (Å²) in [7, 11) is 1.65. The fourth-order valence-corrected chi connectivity index (χ4v) is 2.18. The fourth-order valence-electron chi connectivity index (χ4n) is 2.18. The van der Waals surface area contributed by atoms with Crippen LogP contribution in [0.15, 0.2) is 53.5 Å². The zero-order valence-corrected chi connectivity index (χ0v) is 16.0. The average molecular weight is 443 g/mol. The van der Waals surface area contributed by atoms with Gasteiger partial charge >= 0.3 is 0 Å². The molecule has 0 saturated heterocycles. The molecule has 0 bridgehead atoms. The lowest BCUT2D eigenvalue weighted by atomic mass is 10.1. The maximum atomic E-state index is 13.1. The van der Waals surface area contributed by atoms with Crippen LogP contribution in [0.5, 0.6) is 5.75 Å². The lowest BCUT2D eigenvalue weighted by molar-refractivity contribution is 0.414. The topological polar surface area (TPSA) is 59.6 Å². The predicted octanol–water partition coefficient (Wildman–Crippen LogP) is 3.14. The Hall–Kier alpha value is -1.83. The third-order valence-corrected chi connectivity index (χ3v) is 3.45. The first-order valence-electron chi connectivity index (χ1n) is 7.58. The Labute approximate surface area is 159 Å². The third-order valence-electron chi connectivity index (χ3n) is 3.45. The molecule has 0 spiro atoms. The summed E-state index contributed by atoms with van der Waals surface area (Å²) in [5.74, 6) is 1.04. The second-order valence-corrected chi connectivity index (χ2v) is 5.17. The van der Waals surface area contributed by atoms with Crippen molar-refractivity contribution >= 4 is 29.9 Å². The Morgan fingerprint density at radius 1 is 1.12 bits per heavy atom. The maximum absolute atomic E-state index is 13.1. The lowest BCUT2D eigenvalue weighted by Gasteiger charge is -2.06. The first-order valence-corrected chi connectivity index (χ1v) is 7.58. The Morgan fingerprint density at radius 3 is 2.54 bits per heavy atom. The molecular formula is C18H23FIN3O. The van der Waals surface area contributed by atoms with Gasteiger partial charge in [-0.2, -0.15) is 0 Å². The van der Waals surface area contributed by atoms with E-state index in [9.17, 15) is 4.39 Å². The van der Waals surface area contributed by atoms with E-state index in [0.29, 0.717) is 25.5 Å². The molecule has 0 aliphatic rings. The molecule has 2 aromatic rings. The number of hydrogen-bond donors (Lipinski definition) is 2. The number of methoxy groups -OCH3 is 1. The zero-order chi connectivity index (χ0) is 16.5. The molecule has 0 heterocycles. The number of guanidine groups is 1. The fraction of sp³-hybridized carbons (Fsp3) is 0.278. The summed E-state index contributed by atoms with van der Waals surface area (Å²) >= 11 is 0. The quantitative estimate of drug-likeness (QED) is 0.393. The number of rotatable bonds is 7. The van der Waals surface area contributed by atoms with Crippen molar-refractivity contribution in [3.63, 3.8) is 0 Å². The van der Waals surface area contributed by atoms with E-state index in [1.165, 1.54) is 17.7 Å². The van der Waals surface area contributed by atoms with Crippen LogP contribution in [-0.4, -0.2) is 26.2 Å². The van der Waals surface area contributed by atoms with Crippen LogP contribution in [0.3, 0.4) is 0 Å². The van der Waals surface area contributed by atoms with E-state index >= 15 is 0 Å². The van der Waals surface area contributed by atoms with Gasteiger partial charge in [-0.3, -0.25) is 4.99 Å². The molecule has 0 saturated carbocycles. The minimum absolute atomic E-state index is 0. The molecule has 0 aromatic heterocycles. The first-order chi connectivity index (χ1) is 11.2. The van der Waals surface area contributed by atoms with Gasteiger partial charge in [-0.1, -0.05) is 24.3 Å². The number of nitrogens with two attached hydrogens (primary N) is 1. The van der Waals surface area contributed by atoms with Crippen LogP contribution in [0.1, 0.15) is 11.1 Å². The summed E-state index contributed by atoms with van der Waals surface area (Å²) in [5.41, 5.74) is 7.94. The van der Waals surface area contributed by atoms with Gasteiger partial charge in [0.15, 0.2) is 5.96 Å². The van der Waals surface area contributed by atoms with E-state index in [0.717, 1.165) is 17.7 Å². The van der Waals surface area contributed by atoms with Crippen LogP contribution in [0, 0.1) is 5.82 Å². The van der Waals surface area contributed by atoms with Gasteiger partial charge in [0, 0.05) is 13.1 Å². The predicted molar refractivity (Wildman–Crippen MR) is 107 cm³/mol. The summed E-state index contributed by atoms with van der Waals surface area (Å²) in [6, 6.07) is 14.5. The van der Waals surface area contributed by atoms with Crippen molar-refractivity contribution in [2.45, 2.75) is 12.8 Å². The number of nitrogens with one attached hydrogen (secondary N) is 1. The van der Waals surface area contributed by atoms with Gasteiger partial charge in [-0.05, 0) is 48.2 Å². The Kier molecular flexibility index (Phi) is 9.14. The molecule has 0 aliphatic heterocycles. The molecule has 0 amide bonds. The van der Waals surface area contributed by atoms with Crippen LogP contribution in [0.25, 0.3) is 0 Å². The zero-order valence-electron chi connectivity index (χ0n) is 13.7. The summed E-state index contributed by atoms with van der Waals surface area (Å²) in [6.07, 6.45) is 1.52. The van der Waals surface area contributed by atoms with E-state index in [1.807, 2.05) is 30.3 Å². The van der Waals surface area contributed by atoms with Crippen molar-refractivity contribution in [2.24, 2.45) is 10.7 Å². The summed E-state index contributed by atoms with van der Waals surface area (Å²) < 4.78 is 18.2. The van der Waals surface area contributed by atoms with E-state index in [-0.39, 0.29) is 29.8 Å². The van der Waals surface area contributed by atoms with E-state index < -0.39 is 0 Å². The standard InChI is InChI=1S/C18H22FN3O.HI/c1-23-17-7-5-14(6-8-17)9-11-21-18(20)22-12-10-15-3-2-4-16(19)13-15;/h2-8,13H,9-12H2,1H3,(H3,20,21,22);1H. The number of halogens is 2. The second kappa shape index (κ2) is 10.9. The molecule has 0 fully saturated rings. The number of nitrogens with zero attached hydrogens (tertiary/aromatic N) is 1. The SMILES string of the molecule is COc1ccc(CCN=C(N)NCCc2cccc(F)c2)cc1.I. The third kappa shape index (κ3) is 7.16. The highest BCUT2D eigenvalue weighted by Crippen LogP contribution is 2.11. The Balaban J connectivity index is 0.00000288. The average Bonchev–Trinajstić information content (AvgIpc) is 2.55. The summed E-state index contributed by atoms with van der Waals surface area (Å²) in [5, 5.41) is 3.04. The lowest BCUT2D eigenvalue weighted by Crippen LogP contribution is -2.33. The Morgan fingerprint density at radius 2 is 1.88 bits per heavy atom. The smallest absolute Gasteiger partial charge is 0.188 e. The van der Waals surface area contributed by atoms with Gasteiger partial charge in [0.25, 0.3) is 0 Å². The van der Waals surface area contributed by atoms with Gasteiger partial charge in [-0.15, -0.1) is 24.0 Å². The van der Waals surface area contributed by atoms with Crippen LogP contribution in [0.2, 0.25) is 0 Å². The highest BCUT2D eigenvalue weighted by atomic mass is 127. The molecular weight excluding hydrogens is 420 g/mol. The minimum Gasteiger partial charge on any atom is -0.497 e. The molecule has 130 valence electrons. The molecule has 24 heavy (non-hydrogen) atoms. The summed E-state index contributed by atoms with van der Waals surface area (Å²) in [4.78, 5) is 4.29. The molecule has 0 aliphatic carbocycles. The second-order valence-electron chi connectivity index (χ2n) is 5.17. The molecule has 2 rings (SSSR count). The maximum Gasteiger partial charge on any atom is 0.188 e. The van der Waals surface area contributed by atoms with Gasteiger partial charge in [0.1, 0.15) is 11.6 Å². The molecule has 6 heteroatoms. The van der Waals surface area contributed by atoms with Crippen LogP contribution >= 0.6 is 24.0 Å². The van der Waals surface area contributed by atoms with Gasteiger partial charge < -0.3 is 15.8 Å².